The van der Waals surface area contributed by atoms with Crippen LogP contribution < -0.4 is 0 Å². The molecule has 0 fully saturated rings. The summed E-state index contributed by atoms with van der Waals surface area (Å²) in [6, 6.07) is 3.64. The van der Waals surface area contributed by atoms with Crippen molar-refractivity contribution < 1.29 is 5.11 Å². The molecule has 0 unspecified atom stereocenters. The molecule has 0 saturated carbocycles. The fourth-order valence-corrected chi connectivity index (χ4v) is 2.97. The van der Waals surface area contributed by atoms with Gasteiger partial charge in [0.2, 0.25) is 0 Å². The highest BCUT2D eigenvalue weighted by molar-refractivity contribution is 6.32. The van der Waals surface area contributed by atoms with Gasteiger partial charge in [-0.15, -0.1) is 15.0 Å². The molecule has 1 heterocycles. The van der Waals surface area contributed by atoms with Crippen LogP contribution in [0.5, 0.6) is 0 Å². The number of benzene rings is 1. The zero-order chi connectivity index (χ0) is 18.4. The lowest BCUT2D eigenvalue weighted by Gasteiger charge is -2.24. The Bertz CT molecular complexity index is 980. The summed E-state index contributed by atoms with van der Waals surface area (Å²) in [5, 5.41) is 20.7. The lowest BCUT2D eigenvalue weighted by atomic mass is 9.82. The van der Waals surface area contributed by atoms with Gasteiger partial charge in [0.15, 0.2) is 11.5 Å². The molecule has 0 saturated heterocycles. The van der Waals surface area contributed by atoms with E-state index in [1.165, 1.54) is 4.80 Å². The Labute approximate surface area is 152 Å². The number of rotatable bonds is 1. The van der Waals surface area contributed by atoms with Crippen molar-refractivity contribution in [3.8, 4) is 0 Å². The first-order valence-corrected chi connectivity index (χ1v) is 8.65. The van der Waals surface area contributed by atoms with E-state index in [9.17, 15) is 5.11 Å². The quantitative estimate of drug-likeness (QED) is 0.677. The Balaban J connectivity index is 2.27. The van der Waals surface area contributed by atoms with E-state index in [1.54, 1.807) is 0 Å². The number of halogens is 1. The highest BCUT2D eigenvalue weighted by atomic mass is 35.5. The van der Waals surface area contributed by atoms with Crippen LogP contribution in [0.15, 0.2) is 46.9 Å². The van der Waals surface area contributed by atoms with Gasteiger partial charge in [-0.1, -0.05) is 44.2 Å². The Morgan fingerprint density at radius 2 is 1.92 bits per heavy atom. The molecule has 4 nitrogen and oxygen atoms in total. The van der Waals surface area contributed by atoms with Crippen LogP contribution in [0.1, 0.15) is 39.7 Å². The number of hydrogen-bond donors (Lipinski definition) is 1. The van der Waals surface area contributed by atoms with Gasteiger partial charge < -0.3 is 5.11 Å². The summed E-state index contributed by atoms with van der Waals surface area (Å²) in [6.45, 7) is 10.2. The van der Waals surface area contributed by atoms with Gasteiger partial charge in [-0.3, -0.25) is 0 Å². The van der Waals surface area contributed by atoms with E-state index in [2.05, 4.69) is 42.8 Å². The Morgan fingerprint density at radius 1 is 1.20 bits per heavy atom. The molecular weight excluding hydrogens is 334 g/mol. The van der Waals surface area contributed by atoms with E-state index in [0.29, 0.717) is 17.1 Å². The predicted octanol–water partition coefficient (Wildman–Crippen LogP) is 5.60. The molecule has 0 amide bonds. The van der Waals surface area contributed by atoms with E-state index < -0.39 is 0 Å². The van der Waals surface area contributed by atoms with Crippen LogP contribution in [0, 0.1) is 12.3 Å². The van der Waals surface area contributed by atoms with Crippen LogP contribution in [-0.4, -0.2) is 20.1 Å². The number of aromatic nitrogens is 3. The fourth-order valence-electron chi connectivity index (χ4n) is 2.81. The third-order valence-electron chi connectivity index (χ3n) is 4.42. The third kappa shape index (κ3) is 3.28. The summed E-state index contributed by atoms with van der Waals surface area (Å²) >= 11 is 6.19. The Morgan fingerprint density at radius 3 is 2.60 bits per heavy atom. The van der Waals surface area contributed by atoms with Crippen molar-refractivity contribution in [3.05, 3.63) is 57.5 Å². The number of nitrogens with zero attached hydrogens (tertiary/aromatic N) is 3. The highest BCUT2D eigenvalue weighted by Gasteiger charge is 2.25. The first-order chi connectivity index (χ1) is 11.7. The second kappa shape index (κ2) is 6.21. The predicted molar refractivity (Wildman–Crippen MR) is 103 cm³/mol. The minimum Gasteiger partial charge on any atom is -0.505 e. The summed E-state index contributed by atoms with van der Waals surface area (Å²) in [5.74, 6) is 0.177. The highest BCUT2D eigenvalue weighted by Crippen LogP contribution is 2.35. The maximum atomic E-state index is 11.0. The Hall–Kier alpha value is -2.29. The van der Waals surface area contributed by atoms with Crippen molar-refractivity contribution in [3.63, 3.8) is 0 Å². The minimum absolute atomic E-state index is 0.177. The lowest BCUT2D eigenvalue weighted by molar-refractivity contribution is 0.384. The van der Waals surface area contributed by atoms with Crippen molar-refractivity contribution in [1.29, 1.82) is 0 Å². The number of hydrogen-bond acceptors (Lipinski definition) is 3. The number of aryl methyl sites for hydroxylation is 1. The molecule has 1 aliphatic carbocycles. The van der Waals surface area contributed by atoms with Crippen molar-refractivity contribution in [2.24, 2.45) is 5.41 Å². The zero-order valence-corrected chi connectivity index (χ0v) is 15.9. The van der Waals surface area contributed by atoms with Gasteiger partial charge in [0.05, 0.1) is 0 Å². The first kappa shape index (κ1) is 17.5. The molecule has 1 N–H and O–H groups in total. The summed E-state index contributed by atoms with van der Waals surface area (Å²) in [7, 11) is 0. The third-order valence-corrected chi connectivity index (χ3v) is 4.83. The maximum Gasteiger partial charge on any atom is 0.169 e. The summed E-state index contributed by atoms with van der Waals surface area (Å²) < 4.78 is 0. The van der Waals surface area contributed by atoms with Crippen molar-refractivity contribution in [2.45, 2.75) is 41.0 Å². The van der Waals surface area contributed by atoms with Crippen LogP contribution >= 0.6 is 11.6 Å². The van der Waals surface area contributed by atoms with Gasteiger partial charge in [0, 0.05) is 5.02 Å². The molecule has 0 atom stereocenters. The van der Waals surface area contributed by atoms with Crippen LogP contribution in [0.4, 0.5) is 0 Å². The second-order valence-electron chi connectivity index (χ2n) is 7.40. The Kier molecular flexibility index (Phi) is 4.36. The monoisotopic (exact) mass is 355 g/mol. The SMILES string of the molecule is C/C1=C/C/C(C(C)(C)C)=C(/O)C(n2nc3ccc(Cl)c(C)c3n2)=C=C1. The van der Waals surface area contributed by atoms with Gasteiger partial charge in [0.1, 0.15) is 11.0 Å². The molecule has 5 heteroatoms. The smallest absolute Gasteiger partial charge is 0.169 e. The van der Waals surface area contributed by atoms with E-state index in [-0.39, 0.29) is 11.2 Å². The molecule has 0 aliphatic heterocycles. The van der Waals surface area contributed by atoms with Gasteiger partial charge in [-0.05, 0) is 60.6 Å². The normalized spacial score (nSPS) is 20.9. The molecule has 25 heavy (non-hydrogen) atoms. The molecule has 1 aliphatic rings. The van der Waals surface area contributed by atoms with Crippen molar-refractivity contribution >= 4 is 28.3 Å². The summed E-state index contributed by atoms with van der Waals surface area (Å²) in [4.78, 5) is 1.45. The zero-order valence-electron chi connectivity index (χ0n) is 15.2. The van der Waals surface area contributed by atoms with Gasteiger partial charge >= 0.3 is 0 Å². The van der Waals surface area contributed by atoms with Crippen molar-refractivity contribution in [2.75, 3.05) is 0 Å². The number of aliphatic hydroxyl groups excluding tert-OH is 1. The lowest BCUT2D eigenvalue weighted by Crippen LogP contribution is -2.15. The van der Waals surface area contributed by atoms with Crippen LogP contribution in [0.25, 0.3) is 16.7 Å². The van der Waals surface area contributed by atoms with Gasteiger partial charge in [-0.25, -0.2) is 0 Å². The largest absolute Gasteiger partial charge is 0.505 e. The van der Waals surface area contributed by atoms with Crippen molar-refractivity contribution in [1.82, 2.24) is 15.0 Å². The molecule has 3 rings (SSSR count). The van der Waals surface area contributed by atoms with E-state index in [1.807, 2.05) is 32.1 Å². The van der Waals surface area contributed by atoms with Gasteiger partial charge in [-0.2, -0.15) is 0 Å². The molecular formula is C20H22ClN3O. The molecule has 1 aromatic heterocycles. The summed E-state index contributed by atoms with van der Waals surface area (Å²) in [6.07, 6.45) is 4.62. The summed E-state index contributed by atoms with van der Waals surface area (Å²) in [5.41, 5.74) is 7.76. The number of allylic oxidation sites excluding steroid dienone is 4. The van der Waals surface area contributed by atoms with E-state index in [4.69, 9.17) is 11.6 Å². The van der Waals surface area contributed by atoms with Crippen LogP contribution in [0.3, 0.4) is 0 Å². The molecule has 0 bridgehead atoms. The molecule has 0 spiro atoms. The second-order valence-corrected chi connectivity index (χ2v) is 7.80. The minimum atomic E-state index is -0.184. The first-order valence-electron chi connectivity index (χ1n) is 8.27. The van der Waals surface area contributed by atoms with Crippen LogP contribution in [0.2, 0.25) is 5.02 Å². The molecule has 1 aromatic carbocycles. The topological polar surface area (TPSA) is 50.9 Å². The maximum absolute atomic E-state index is 11.0. The average molecular weight is 356 g/mol. The fraction of sp³-hybridized carbons (Fsp3) is 0.350. The molecule has 0 radical (unpaired) electrons. The average Bonchev–Trinajstić information content (AvgIpc) is 2.93. The standard InChI is InChI=1S/C20H22ClN3O/c1-12-6-8-14(20(3,4)5)19(25)17(11-7-12)24-22-16-10-9-15(21)13(2)18(16)23-24/h6-7,9-10,25H,8H2,1-5H3/b12-6-,19-14-. The van der Waals surface area contributed by atoms with Gasteiger partial charge in [0.25, 0.3) is 0 Å². The van der Waals surface area contributed by atoms with Crippen LogP contribution in [-0.2, 0) is 0 Å². The molecule has 2 aromatic rings. The number of fused-ring (bicyclic) bond motifs is 1. The van der Waals surface area contributed by atoms with E-state index in [0.717, 1.165) is 27.7 Å². The number of aliphatic hydroxyl groups is 1. The molecule has 130 valence electrons. The van der Waals surface area contributed by atoms with E-state index >= 15 is 0 Å².